The highest BCUT2D eigenvalue weighted by atomic mass is 16.5. The van der Waals surface area contributed by atoms with E-state index < -0.39 is 0 Å². The molecule has 0 aliphatic rings. The Morgan fingerprint density at radius 1 is 1.15 bits per heavy atom. The monoisotopic (exact) mass is 356 g/mol. The average Bonchev–Trinajstić information content (AvgIpc) is 2.61. The molecule has 1 amide bonds. The van der Waals surface area contributed by atoms with Crippen molar-refractivity contribution in [2.45, 2.75) is 20.3 Å². The molecule has 0 fully saturated rings. The van der Waals surface area contributed by atoms with Crippen LogP contribution in [0.15, 0.2) is 42.5 Å². The first-order valence-electron chi connectivity index (χ1n) is 8.80. The van der Waals surface area contributed by atoms with Gasteiger partial charge in [-0.25, -0.2) is 0 Å². The number of ether oxygens (including phenoxy) is 2. The number of hydrogen-bond donors (Lipinski definition) is 1. The molecular weight excluding hydrogens is 328 g/mol. The lowest BCUT2D eigenvalue weighted by Gasteiger charge is -2.17. The van der Waals surface area contributed by atoms with E-state index in [1.165, 1.54) is 5.56 Å². The molecule has 0 bridgehead atoms. The fourth-order valence-electron chi connectivity index (χ4n) is 2.60. The third-order valence-electron chi connectivity index (χ3n) is 4.05. The zero-order chi connectivity index (χ0) is 18.9. The normalized spacial score (nSPS) is 10.7. The van der Waals surface area contributed by atoms with Crippen molar-refractivity contribution >= 4 is 11.6 Å². The van der Waals surface area contributed by atoms with Crippen LogP contribution in [0.4, 0.5) is 5.69 Å². The van der Waals surface area contributed by atoms with Crippen molar-refractivity contribution < 1.29 is 14.3 Å². The fourth-order valence-corrected chi connectivity index (χ4v) is 2.60. The Bertz CT molecular complexity index is 731. The molecule has 5 heteroatoms. The molecule has 26 heavy (non-hydrogen) atoms. The molecule has 0 aliphatic heterocycles. The van der Waals surface area contributed by atoms with Gasteiger partial charge in [-0.1, -0.05) is 18.2 Å². The summed E-state index contributed by atoms with van der Waals surface area (Å²) in [6.07, 6.45) is 0.857. The largest absolute Gasteiger partial charge is 0.497 e. The maximum Gasteiger partial charge on any atom is 0.238 e. The van der Waals surface area contributed by atoms with Gasteiger partial charge in [-0.05, 0) is 56.6 Å². The molecular formula is C21H28N2O3. The molecule has 0 saturated heterocycles. The summed E-state index contributed by atoms with van der Waals surface area (Å²) < 4.78 is 11.0. The molecule has 5 nitrogen and oxygen atoms in total. The van der Waals surface area contributed by atoms with Gasteiger partial charge in [0, 0.05) is 18.3 Å². The zero-order valence-electron chi connectivity index (χ0n) is 16.0. The Balaban J connectivity index is 1.70. The van der Waals surface area contributed by atoms with Crippen LogP contribution in [-0.4, -0.2) is 44.7 Å². The lowest BCUT2D eigenvalue weighted by molar-refractivity contribution is -0.117. The minimum Gasteiger partial charge on any atom is -0.497 e. The van der Waals surface area contributed by atoms with Crippen LogP contribution in [0.2, 0.25) is 0 Å². The number of amides is 1. The summed E-state index contributed by atoms with van der Waals surface area (Å²) in [6.45, 7) is 5.86. The third-order valence-corrected chi connectivity index (χ3v) is 4.05. The van der Waals surface area contributed by atoms with Gasteiger partial charge in [0.2, 0.25) is 5.91 Å². The second-order valence-electron chi connectivity index (χ2n) is 6.49. The highest BCUT2D eigenvalue weighted by Crippen LogP contribution is 2.19. The molecule has 0 heterocycles. The van der Waals surface area contributed by atoms with E-state index in [0.29, 0.717) is 13.2 Å². The van der Waals surface area contributed by atoms with Crippen molar-refractivity contribution in [3.8, 4) is 11.5 Å². The molecule has 2 aromatic rings. The van der Waals surface area contributed by atoms with Crippen LogP contribution in [0.5, 0.6) is 11.5 Å². The molecule has 0 aromatic heterocycles. The summed E-state index contributed by atoms with van der Waals surface area (Å²) in [4.78, 5) is 14.1. The number of nitrogens with zero attached hydrogens (tertiary/aromatic N) is 1. The van der Waals surface area contributed by atoms with Crippen LogP contribution < -0.4 is 14.8 Å². The van der Waals surface area contributed by atoms with Crippen molar-refractivity contribution in [2.75, 3.05) is 39.2 Å². The molecule has 140 valence electrons. The number of carbonyl (C=O) groups is 1. The molecule has 0 aliphatic carbocycles. The Hall–Kier alpha value is -2.53. The van der Waals surface area contributed by atoms with E-state index in [0.717, 1.165) is 35.7 Å². The highest BCUT2D eigenvalue weighted by Gasteiger charge is 2.08. The van der Waals surface area contributed by atoms with Crippen LogP contribution in [0, 0.1) is 13.8 Å². The fraction of sp³-hybridized carbons (Fsp3) is 0.381. The minimum atomic E-state index is -0.0452. The van der Waals surface area contributed by atoms with Gasteiger partial charge in [0.1, 0.15) is 11.5 Å². The summed E-state index contributed by atoms with van der Waals surface area (Å²) in [6, 6.07) is 13.5. The number of aryl methyl sites for hydroxylation is 2. The Morgan fingerprint density at radius 3 is 2.73 bits per heavy atom. The van der Waals surface area contributed by atoms with Crippen LogP contribution in [0.3, 0.4) is 0 Å². The van der Waals surface area contributed by atoms with Gasteiger partial charge in [0.25, 0.3) is 0 Å². The van der Waals surface area contributed by atoms with E-state index >= 15 is 0 Å². The van der Waals surface area contributed by atoms with E-state index in [1.54, 1.807) is 13.2 Å². The molecule has 2 aromatic carbocycles. The van der Waals surface area contributed by atoms with Crippen LogP contribution in [0.1, 0.15) is 17.5 Å². The smallest absolute Gasteiger partial charge is 0.238 e. The molecule has 2 rings (SSSR count). The number of anilines is 1. The Kier molecular flexibility index (Phi) is 7.48. The van der Waals surface area contributed by atoms with Gasteiger partial charge < -0.3 is 14.8 Å². The molecule has 0 atom stereocenters. The third kappa shape index (κ3) is 6.41. The lowest BCUT2D eigenvalue weighted by Crippen LogP contribution is -2.31. The van der Waals surface area contributed by atoms with Crippen molar-refractivity contribution in [3.63, 3.8) is 0 Å². The van der Waals surface area contributed by atoms with Crippen LogP contribution >= 0.6 is 0 Å². The van der Waals surface area contributed by atoms with Crippen LogP contribution in [0.25, 0.3) is 0 Å². The summed E-state index contributed by atoms with van der Waals surface area (Å²) in [7, 11) is 3.54. The van der Waals surface area contributed by atoms with E-state index in [4.69, 9.17) is 9.47 Å². The highest BCUT2D eigenvalue weighted by molar-refractivity contribution is 5.92. The summed E-state index contributed by atoms with van der Waals surface area (Å²) >= 11 is 0. The summed E-state index contributed by atoms with van der Waals surface area (Å²) in [5.74, 6) is 1.61. The Labute approximate surface area is 155 Å². The zero-order valence-corrected chi connectivity index (χ0v) is 16.0. The predicted molar refractivity (Wildman–Crippen MR) is 105 cm³/mol. The minimum absolute atomic E-state index is 0.0452. The van der Waals surface area contributed by atoms with Crippen molar-refractivity contribution in [1.82, 2.24) is 4.90 Å². The van der Waals surface area contributed by atoms with Gasteiger partial charge in [-0.15, -0.1) is 0 Å². The van der Waals surface area contributed by atoms with Gasteiger partial charge >= 0.3 is 0 Å². The standard InChI is InChI=1S/C21H28N2O3/c1-16-9-10-17(2)20(13-16)26-12-6-11-23(3)15-21(24)22-18-7-5-8-19(14-18)25-4/h5,7-10,13-14H,6,11-12,15H2,1-4H3,(H,22,24). The number of methoxy groups -OCH3 is 1. The van der Waals surface area contributed by atoms with E-state index in [9.17, 15) is 4.79 Å². The number of rotatable bonds is 9. The number of nitrogens with one attached hydrogen (secondary N) is 1. The molecule has 0 saturated carbocycles. The molecule has 0 unspecified atom stereocenters. The van der Waals surface area contributed by atoms with Crippen molar-refractivity contribution in [3.05, 3.63) is 53.6 Å². The van der Waals surface area contributed by atoms with E-state index in [1.807, 2.05) is 37.1 Å². The maximum atomic E-state index is 12.1. The van der Waals surface area contributed by atoms with Gasteiger partial charge in [0.05, 0.1) is 20.3 Å². The second-order valence-corrected chi connectivity index (χ2v) is 6.49. The SMILES string of the molecule is COc1cccc(NC(=O)CN(C)CCCOc2cc(C)ccc2C)c1. The first-order chi connectivity index (χ1) is 12.5. The van der Waals surface area contributed by atoms with Crippen molar-refractivity contribution in [1.29, 1.82) is 0 Å². The topological polar surface area (TPSA) is 50.8 Å². The predicted octanol–water partition coefficient (Wildman–Crippen LogP) is 3.65. The molecule has 0 radical (unpaired) electrons. The van der Waals surface area contributed by atoms with E-state index in [2.05, 4.69) is 30.4 Å². The first kappa shape index (κ1) is 19.8. The number of benzene rings is 2. The average molecular weight is 356 g/mol. The van der Waals surface area contributed by atoms with Crippen LogP contribution in [-0.2, 0) is 4.79 Å². The number of hydrogen-bond acceptors (Lipinski definition) is 4. The summed E-state index contributed by atoms with van der Waals surface area (Å²) in [5.41, 5.74) is 3.07. The number of carbonyl (C=O) groups excluding carboxylic acids is 1. The quantitative estimate of drug-likeness (QED) is 0.697. The van der Waals surface area contributed by atoms with Gasteiger partial charge in [0.15, 0.2) is 0 Å². The number of likely N-dealkylation sites (N-methyl/N-ethyl adjacent to an activating group) is 1. The van der Waals surface area contributed by atoms with Gasteiger partial charge in [-0.3, -0.25) is 9.69 Å². The first-order valence-corrected chi connectivity index (χ1v) is 8.80. The molecule has 1 N–H and O–H groups in total. The molecule has 0 spiro atoms. The van der Waals surface area contributed by atoms with E-state index in [-0.39, 0.29) is 5.91 Å². The van der Waals surface area contributed by atoms with Crippen molar-refractivity contribution in [2.24, 2.45) is 0 Å². The van der Waals surface area contributed by atoms with Gasteiger partial charge in [-0.2, -0.15) is 0 Å². The Morgan fingerprint density at radius 2 is 1.96 bits per heavy atom. The second kappa shape index (κ2) is 9.82. The lowest BCUT2D eigenvalue weighted by atomic mass is 10.1. The summed E-state index contributed by atoms with van der Waals surface area (Å²) in [5, 5.41) is 2.89. The maximum absolute atomic E-state index is 12.1.